The van der Waals surface area contributed by atoms with Crippen molar-refractivity contribution in [2.75, 3.05) is 7.11 Å². The molecule has 0 spiro atoms. The van der Waals surface area contributed by atoms with E-state index in [1.807, 2.05) is 18.3 Å². The van der Waals surface area contributed by atoms with Gasteiger partial charge in [0.05, 0.1) is 24.6 Å². The number of aromatic nitrogens is 1. The van der Waals surface area contributed by atoms with E-state index in [9.17, 15) is 0 Å². The zero-order chi connectivity index (χ0) is 10.8. The predicted molar refractivity (Wildman–Crippen MR) is 59.2 cm³/mol. The minimum absolute atomic E-state index is 0.378. The highest BCUT2D eigenvalue weighted by Crippen LogP contribution is 2.31. The standard InChI is InChI=1S/C11H9ClN2O/c1-15-11-5-10-8(4-9(11)12)7(2-3-13)6-14-10/h4-6,14H,2H2,1H3. The van der Waals surface area contributed by atoms with E-state index in [2.05, 4.69) is 11.1 Å². The molecular weight excluding hydrogens is 212 g/mol. The highest BCUT2D eigenvalue weighted by molar-refractivity contribution is 6.32. The van der Waals surface area contributed by atoms with Gasteiger partial charge in [-0.1, -0.05) is 11.6 Å². The summed E-state index contributed by atoms with van der Waals surface area (Å²) in [7, 11) is 1.58. The zero-order valence-corrected chi connectivity index (χ0v) is 8.93. The number of benzene rings is 1. The molecule has 1 aromatic heterocycles. The third-order valence-electron chi connectivity index (χ3n) is 2.31. The van der Waals surface area contributed by atoms with Crippen LogP contribution in [0.3, 0.4) is 0 Å². The van der Waals surface area contributed by atoms with Crippen molar-refractivity contribution in [1.82, 2.24) is 4.98 Å². The second-order valence-corrected chi connectivity index (χ2v) is 3.59. The number of hydrogen-bond acceptors (Lipinski definition) is 2. The Morgan fingerprint density at radius 2 is 2.33 bits per heavy atom. The molecule has 0 unspecified atom stereocenters. The first kappa shape index (κ1) is 9.88. The first-order valence-electron chi connectivity index (χ1n) is 4.46. The molecule has 1 N–H and O–H groups in total. The summed E-state index contributed by atoms with van der Waals surface area (Å²) in [6.07, 6.45) is 2.20. The van der Waals surface area contributed by atoms with Crippen LogP contribution in [0.1, 0.15) is 5.56 Å². The molecule has 15 heavy (non-hydrogen) atoms. The molecule has 0 radical (unpaired) electrons. The average Bonchev–Trinajstić information content (AvgIpc) is 2.61. The Bertz CT molecular complexity index is 539. The third kappa shape index (κ3) is 1.64. The predicted octanol–water partition coefficient (Wildman–Crippen LogP) is 2.90. The van der Waals surface area contributed by atoms with Crippen LogP contribution in [-0.2, 0) is 6.42 Å². The van der Waals surface area contributed by atoms with Crippen molar-refractivity contribution in [1.29, 1.82) is 5.26 Å². The van der Waals surface area contributed by atoms with Gasteiger partial charge in [0.2, 0.25) is 0 Å². The van der Waals surface area contributed by atoms with Crippen LogP contribution in [0.2, 0.25) is 5.02 Å². The van der Waals surface area contributed by atoms with Gasteiger partial charge in [0.1, 0.15) is 5.75 Å². The number of nitriles is 1. The number of rotatable bonds is 2. The summed E-state index contributed by atoms with van der Waals surface area (Å²) in [5.41, 5.74) is 1.89. The number of ether oxygens (including phenoxy) is 1. The van der Waals surface area contributed by atoms with E-state index >= 15 is 0 Å². The molecule has 4 heteroatoms. The summed E-state index contributed by atoms with van der Waals surface area (Å²) >= 11 is 6.01. The van der Waals surface area contributed by atoms with Gasteiger partial charge >= 0.3 is 0 Å². The molecule has 0 saturated heterocycles. The van der Waals surface area contributed by atoms with Crippen LogP contribution >= 0.6 is 11.6 Å². The van der Waals surface area contributed by atoms with Crippen LogP contribution in [0.4, 0.5) is 0 Å². The zero-order valence-electron chi connectivity index (χ0n) is 8.17. The van der Waals surface area contributed by atoms with E-state index < -0.39 is 0 Å². The normalized spacial score (nSPS) is 10.2. The molecule has 2 rings (SSSR count). The quantitative estimate of drug-likeness (QED) is 0.846. The van der Waals surface area contributed by atoms with Crippen LogP contribution in [0.5, 0.6) is 5.75 Å². The fraction of sp³-hybridized carbons (Fsp3) is 0.182. The van der Waals surface area contributed by atoms with Gasteiger partial charge in [-0.05, 0) is 11.6 Å². The molecule has 0 atom stereocenters. The fourth-order valence-corrected chi connectivity index (χ4v) is 1.81. The summed E-state index contributed by atoms with van der Waals surface area (Å²) in [6.45, 7) is 0. The molecule has 2 aromatic rings. The molecule has 1 aromatic carbocycles. The van der Waals surface area contributed by atoms with E-state index in [4.69, 9.17) is 21.6 Å². The SMILES string of the molecule is COc1cc2[nH]cc(CC#N)c2cc1Cl. The molecule has 3 nitrogen and oxygen atoms in total. The van der Waals surface area contributed by atoms with Crippen molar-refractivity contribution in [2.24, 2.45) is 0 Å². The molecule has 0 fully saturated rings. The molecule has 0 bridgehead atoms. The first-order chi connectivity index (χ1) is 7.26. The summed E-state index contributed by atoms with van der Waals surface area (Å²) in [5.74, 6) is 0.634. The van der Waals surface area contributed by atoms with E-state index in [1.165, 1.54) is 0 Å². The van der Waals surface area contributed by atoms with Crippen molar-refractivity contribution >= 4 is 22.5 Å². The van der Waals surface area contributed by atoms with Crippen LogP contribution < -0.4 is 4.74 Å². The maximum atomic E-state index is 8.65. The molecular formula is C11H9ClN2O. The first-order valence-corrected chi connectivity index (χ1v) is 4.84. The minimum Gasteiger partial charge on any atom is -0.495 e. The molecule has 0 aliphatic carbocycles. The Kier molecular flexibility index (Phi) is 2.53. The number of nitrogens with one attached hydrogen (secondary N) is 1. The lowest BCUT2D eigenvalue weighted by molar-refractivity contribution is 0.415. The Labute approximate surface area is 92.2 Å². The van der Waals surface area contributed by atoms with Crippen molar-refractivity contribution in [3.8, 4) is 11.8 Å². The average molecular weight is 221 g/mol. The molecule has 0 aliphatic heterocycles. The topological polar surface area (TPSA) is 48.8 Å². The lowest BCUT2D eigenvalue weighted by atomic mass is 10.1. The number of H-pyrrole nitrogens is 1. The molecule has 0 aliphatic rings. The number of nitrogens with zero attached hydrogens (tertiary/aromatic N) is 1. The molecule has 1 heterocycles. The number of hydrogen-bond donors (Lipinski definition) is 1. The van der Waals surface area contributed by atoms with Gasteiger partial charge in [-0.3, -0.25) is 0 Å². The highest BCUT2D eigenvalue weighted by atomic mass is 35.5. The van der Waals surface area contributed by atoms with E-state index in [0.717, 1.165) is 16.5 Å². The summed E-state index contributed by atoms with van der Waals surface area (Å²) in [6, 6.07) is 5.77. The van der Waals surface area contributed by atoms with Crippen molar-refractivity contribution < 1.29 is 4.74 Å². The van der Waals surface area contributed by atoms with E-state index in [-0.39, 0.29) is 0 Å². The van der Waals surface area contributed by atoms with Gasteiger partial charge in [-0.25, -0.2) is 0 Å². The molecule has 76 valence electrons. The Morgan fingerprint density at radius 1 is 1.53 bits per heavy atom. The molecule has 0 amide bonds. The van der Waals surface area contributed by atoms with Crippen LogP contribution in [0, 0.1) is 11.3 Å². The van der Waals surface area contributed by atoms with Gasteiger partial charge in [-0.2, -0.15) is 5.26 Å². The summed E-state index contributed by atoms with van der Waals surface area (Å²) in [4.78, 5) is 3.09. The second kappa shape index (κ2) is 3.84. The lowest BCUT2D eigenvalue weighted by Gasteiger charge is -2.02. The van der Waals surface area contributed by atoms with Gasteiger partial charge < -0.3 is 9.72 Å². The highest BCUT2D eigenvalue weighted by Gasteiger charge is 2.08. The van der Waals surface area contributed by atoms with Crippen LogP contribution in [-0.4, -0.2) is 12.1 Å². The van der Waals surface area contributed by atoms with Crippen molar-refractivity contribution in [3.63, 3.8) is 0 Å². The minimum atomic E-state index is 0.378. The Balaban J connectivity index is 2.63. The third-order valence-corrected chi connectivity index (χ3v) is 2.60. The summed E-state index contributed by atoms with van der Waals surface area (Å²) in [5, 5.41) is 10.2. The van der Waals surface area contributed by atoms with Crippen molar-refractivity contribution in [2.45, 2.75) is 6.42 Å². The van der Waals surface area contributed by atoms with Gasteiger partial charge in [0.25, 0.3) is 0 Å². The number of halogens is 1. The largest absolute Gasteiger partial charge is 0.495 e. The monoisotopic (exact) mass is 220 g/mol. The van der Waals surface area contributed by atoms with Gasteiger partial charge in [0, 0.05) is 23.2 Å². The van der Waals surface area contributed by atoms with Crippen LogP contribution in [0.25, 0.3) is 10.9 Å². The number of aromatic amines is 1. The Hall–Kier alpha value is -1.66. The van der Waals surface area contributed by atoms with Gasteiger partial charge in [-0.15, -0.1) is 0 Å². The smallest absolute Gasteiger partial charge is 0.139 e. The maximum Gasteiger partial charge on any atom is 0.139 e. The van der Waals surface area contributed by atoms with Gasteiger partial charge in [0.15, 0.2) is 0 Å². The van der Waals surface area contributed by atoms with E-state index in [0.29, 0.717) is 17.2 Å². The van der Waals surface area contributed by atoms with Crippen molar-refractivity contribution in [3.05, 3.63) is 28.9 Å². The Morgan fingerprint density at radius 3 is 3.00 bits per heavy atom. The van der Waals surface area contributed by atoms with Crippen LogP contribution in [0.15, 0.2) is 18.3 Å². The second-order valence-electron chi connectivity index (χ2n) is 3.18. The molecule has 0 saturated carbocycles. The fourth-order valence-electron chi connectivity index (χ4n) is 1.57. The lowest BCUT2D eigenvalue weighted by Crippen LogP contribution is -1.84. The number of fused-ring (bicyclic) bond motifs is 1. The summed E-state index contributed by atoms with van der Waals surface area (Å²) < 4.78 is 5.11. The number of methoxy groups -OCH3 is 1. The van der Waals surface area contributed by atoms with E-state index in [1.54, 1.807) is 7.11 Å². The maximum absolute atomic E-state index is 8.65.